The maximum absolute atomic E-state index is 12.2. The molecule has 5 atom stereocenters. The van der Waals surface area contributed by atoms with Crippen LogP contribution in [0.1, 0.15) is 67.2 Å². The molecule has 0 radical (unpaired) electrons. The molecule has 0 aromatic heterocycles. The van der Waals surface area contributed by atoms with Crippen LogP contribution < -0.4 is 5.32 Å². The van der Waals surface area contributed by atoms with Gasteiger partial charge in [-0.2, -0.15) is 0 Å². The zero-order chi connectivity index (χ0) is 23.2. The lowest BCUT2D eigenvalue weighted by molar-refractivity contribution is -0.189. The van der Waals surface area contributed by atoms with Gasteiger partial charge >= 0.3 is 0 Å². The Morgan fingerprint density at radius 3 is 2.55 bits per heavy atom. The highest BCUT2D eigenvalue weighted by molar-refractivity contribution is 6.01. The number of fused-ring (bicyclic) bond motifs is 1. The zero-order valence-corrected chi connectivity index (χ0v) is 20.0. The standard InChI is InChI=1S/C25H38N2O4/c1-9-13-19(18(5)27-17(4)10-2)16(3)14-11-12-15-20-21-22(31-25(6,7)30-21)23(29-20)24(28)26-8/h2,9,13,17,20-23H,11-12,14-15H2,1,3-8H3,(H,26,28)/b13-9-,19-16+,27-18?/t17?,20-,21-,22-,23-/m0/s1. The van der Waals surface area contributed by atoms with Crippen LogP contribution in [0.3, 0.4) is 0 Å². The molecule has 0 aliphatic carbocycles. The summed E-state index contributed by atoms with van der Waals surface area (Å²) in [5, 5.41) is 2.67. The molecule has 172 valence electrons. The Balaban J connectivity index is 1.97. The van der Waals surface area contributed by atoms with Crippen molar-refractivity contribution in [2.75, 3.05) is 7.05 Å². The monoisotopic (exact) mass is 430 g/mol. The number of carbonyl (C=O) groups is 1. The van der Waals surface area contributed by atoms with E-state index in [0.29, 0.717) is 0 Å². The van der Waals surface area contributed by atoms with E-state index in [9.17, 15) is 4.79 Å². The van der Waals surface area contributed by atoms with Gasteiger partial charge in [0.15, 0.2) is 11.9 Å². The number of ether oxygens (including phenoxy) is 3. The third-order valence-electron chi connectivity index (χ3n) is 5.76. The zero-order valence-electron chi connectivity index (χ0n) is 20.0. The van der Waals surface area contributed by atoms with E-state index >= 15 is 0 Å². The molecule has 2 fully saturated rings. The van der Waals surface area contributed by atoms with Crippen molar-refractivity contribution in [2.45, 2.75) is 103 Å². The summed E-state index contributed by atoms with van der Waals surface area (Å²) >= 11 is 0. The van der Waals surface area contributed by atoms with Gasteiger partial charge in [-0.15, -0.1) is 6.42 Å². The van der Waals surface area contributed by atoms with E-state index in [2.05, 4.69) is 29.2 Å². The second kappa shape index (κ2) is 11.1. The number of allylic oxidation sites excluding steroid dienone is 4. The highest BCUT2D eigenvalue weighted by Gasteiger charge is 2.56. The van der Waals surface area contributed by atoms with Gasteiger partial charge in [0.05, 0.1) is 6.10 Å². The fourth-order valence-corrected chi connectivity index (χ4v) is 4.27. The molecule has 6 nitrogen and oxygen atoms in total. The lowest BCUT2D eigenvalue weighted by Crippen LogP contribution is -2.41. The van der Waals surface area contributed by atoms with Gasteiger partial charge < -0.3 is 19.5 Å². The fourth-order valence-electron chi connectivity index (χ4n) is 4.27. The summed E-state index contributed by atoms with van der Waals surface area (Å²) in [6.45, 7) is 11.8. The summed E-state index contributed by atoms with van der Waals surface area (Å²) in [4.78, 5) is 16.8. The summed E-state index contributed by atoms with van der Waals surface area (Å²) < 4.78 is 18.1. The molecule has 0 aromatic rings. The summed E-state index contributed by atoms with van der Waals surface area (Å²) in [5.74, 6) is 1.80. The maximum Gasteiger partial charge on any atom is 0.251 e. The molecule has 1 amide bonds. The van der Waals surface area contributed by atoms with Crippen LogP contribution in [0.4, 0.5) is 0 Å². The third-order valence-corrected chi connectivity index (χ3v) is 5.76. The van der Waals surface area contributed by atoms with Gasteiger partial charge in [0.2, 0.25) is 0 Å². The lowest BCUT2D eigenvalue weighted by atomic mass is 9.97. The normalized spacial score (nSPS) is 29.4. The summed E-state index contributed by atoms with van der Waals surface area (Å²) in [6.07, 6.45) is 12.0. The topological polar surface area (TPSA) is 69.2 Å². The van der Waals surface area contributed by atoms with Crippen LogP contribution in [-0.2, 0) is 19.0 Å². The third kappa shape index (κ3) is 6.52. The first-order chi connectivity index (χ1) is 14.6. The van der Waals surface area contributed by atoms with E-state index in [-0.39, 0.29) is 30.3 Å². The molecule has 2 rings (SSSR count). The van der Waals surface area contributed by atoms with Crippen molar-refractivity contribution < 1.29 is 19.0 Å². The van der Waals surface area contributed by atoms with Crippen LogP contribution >= 0.6 is 0 Å². The number of hydrogen-bond acceptors (Lipinski definition) is 5. The molecule has 2 aliphatic heterocycles. The highest BCUT2D eigenvalue weighted by Crippen LogP contribution is 2.40. The predicted octanol–water partition coefficient (Wildman–Crippen LogP) is 3.96. The number of amides is 1. The number of unbranched alkanes of at least 4 members (excludes halogenated alkanes) is 1. The van der Waals surface area contributed by atoms with E-state index in [1.165, 1.54) is 5.57 Å². The molecule has 0 saturated carbocycles. The molecular formula is C25H38N2O4. The number of carbonyl (C=O) groups excluding carboxylic acids is 1. The van der Waals surface area contributed by atoms with Gasteiger partial charge in [-0.1, -0.05) is 30.1 Å². The van der Waals surface area contributed by atoms with Crippen molar-refractivity contribution >= 4 is 11.6 Å². The van der Waals surface area contributed by atoms with Crippen LogP contribution in [0.2, 0.25) is 0 Å². The first-order valence-corrected chi connectivity index (χ1v) is 11.2. The molecule has 2 aliphatic rings. The minimum atomic E-state index is -0.698. The van der Waals surface area contributed by atoms with Crippen molar-refractivity contribution in [3.63, 3.8) is 0 Å². The number of likely N-dealkylation sites (N-methyl/N-ethyl adjacent to an activating group) is 1. The quantitative estimate of drug-likeness (QED) is 0.260. The largest absolute Gasteiger partial charge is 0.359 e. The van der Waals surface area contributed by atoms with Gasteiger partial charge in [0, 0.05) is 12.8 Å². The Labute approximate surface area is 187 Å². The number of hydrogen-bond donors (Lipinski definition) is 1. The van der Waals surface area contributed by atoms with Gasteiger partial charge in [-0.25, -0.2) is 0 Å². The number of rotatable bonds is 9. The minimum Gasteiger partial charge on any atom is -0.359 e. The molecule has 1 unspecified atom stereocenters. The smallest absolute Gasteiger partial charge is 0.251 e. The SMILES string of the molecule is C#CC(C)N=C(C)C(/C=C\C)=C(\C)CCCC[C@@H]1O[C@H](C(=O)NC)[C@H]2OC(C)(C)O[C@H]21. The lowest BCUT2D eigenvalue weighted by Gasteiger charge is -2.23. The molecular weight excluding hydrogens is 392 g/mol. The molecule has 31 heavy (non-hydrogen) atoms. The van der Waals surface area contributed by atoms with Crippen molar-refractivity contribution in [1.82, 2.24) is 5.32 Å². The van der Waals surface area contributed by atoms with Crippen molar-refractivity contribution in [3.8, 4) is 12.3 Å². The molecule has 1 N–H and O–H groups in total. The van der Waals surface area contributed by atoms with Gasteiger partial charge in [-0.3, -0.25) is 9.79 Å². The van der Waals surface area contributed by atoms with E-state index < -0.39 is 11.9 Å². The Kier molecular flexibility index (Phi) is 9.05. The van der Waals surface area contributed by atoms with Crippen LogP contribution in [-0.4, -0.2) is 54.9 Å². The maximum atomic E-state index is 12.2. The number of nitrogens with zero attached hydrogens (tertiary/aromatic N) is 1. The number of terminal acetylenes is 1. The molecule has 6 heteroatoms. The minimum absolute atomic E-state index is 0.133. The Morgan fingerprint density at radius 1 is 1.26 bits per heavy atom. The average molecular weight is 431 g/mol. The van der Waals surface area contributed by atoms with Crippen molar-refractivity contribution in [2.24, 2.45) is 4.99 Å². The van der Waals surface area contributed by atoms with E-state index in [1.807, 2.05) is 40.7 Å². The molecule has 2 saturated heterocycles. The molecule has 0 spiro atoms. The second-order valence-corrected chi connectivity index (χ2v) is 8.77. The molecule has 2 heterocycles. The van der Waals surface area contributed by atoms with Crippen LogP contribution in [0.15, 0.2) is 28.3 Å². The second-order valence-electron chi connectivity index (χ2n) is 8.77. The van der Waals surface area contributed by atoms with E-state index in [1.54, 1.807) is 7.05 Å². The van der Waals surface area contributed by atoms with Crippen LogP contribution in [0.5, 0.6) is 0 Å². The Bertz CT molecular complexity index is 775. The Hall–Kier alpha value is -1.94. The Morgan fingerprint density at radius 2 is 1.94 bits per heavy atom. The van der Waals surface area contributed by atoms with E-state index in [4.69, 9.17) is 20.6 Å². The predicted molar refractivity (Wildman–Crippen MR) is 124 cm³/mol. The van der Waals surface area contributed by atoms with Crippen molar-refractivity contribution in [3.05, 3.63) is 23.3 Å². The summed E-state index contributed by atoms with van der Waals surface area (Å²) in [5.41, 5.74) is 3.41. The molecule has 0 aromatic carbocycles. The van der Waals surface area contributed by atoms with Crippen LogP contribution in [0.25, 0.3) is 0 Å². The number of aliphatic imine (C=N–C) groups is 1. The number of nitrogens with one attached hydrogen (secondary N) is 1. The molecule has 0 bridgehead atoms. The van der Waals surface area contributed by atoms with Gasteiger partial charge in [0.25, 0.3) is 5.91 Å². The van der Waals surface area contributed by atoms with E-state index in [0.717, 1.165) is 37.0 Å². The van der Waals surface area contributed by atoms with Crippen LogP contribution in [0, 0.1) is 12.3 Å². The average Bonchev–Trinajstić information content (AvgIpc) is 3.21. The summed E-state index contributed by atoms with van der Waals surface area (Å²) in [7, 11) is 1.61. The first kappa shape index (κ1) is 25.3. The van der Waals surface area contributed by atoms with Gasteiger partial charge in [-0.05, 0) is 66.4 Å². The van der Waals surface area contributed by atoms with Crippen molar-refractivity contribution in [1.29, 1.82) is 0 Å². The highest BCUT2D eigenvalue weighted by atomic mass is 16.8. The fraction of sp³-hybridized carbons (Fsp3) is 0.680. The summed E-state index contributed by atoms with van der Waals surface area (Å²) in [6, 6.07) is -0.133. The van der Waals surface area contributed by atoms with Gasteiger partial charge in [0.1, 0.15) is 18.2 Å². The first-order valence-electron chi connectivity index (χ1n) is 11.2.